The van der Waals surface area contributed by atoms with Crippen molar-refractivity contribution in [1.82, 2.24) is 9.80 Å². The second-order valence-electron chi connectivity index (χ2n) is 17.9. The number of oxime groups is 1. The summed E-state index contributed by atoms with van der Waals surface area (Å²) < 4.78 is 35.3. The molecule has 0 aromatic heterocycles. The van der Waals surface area contributed by atoms with Crippen molar-refractivity contribution in [2.75, 3.05) is 46.1 Å². The number of benzene rings is 3. The highest BCUT2D eigenvalue weighted by molar-refractivity contribution is 6.03. The number of ether oxygens (including phenoxy) is 3. The molecule has 12 heteroatoms. The molecule has 7 rings (SSSR count). The van der Waals surface area contributed by atoms with Crippen molar-refractivity contribution >= 4 is 11.6 Å². The van der Waals surface area contributed by atoms with Gasteiger partial charge in [0.05, 0.1) is 29.9 Å². The van der Waals surface area contributed by atoms with Crippen LogP contribution in [0.3, 0.4) is 0 Å². The minimum atomic E-state index is -1.49. The standard InChI is InChI=1S/C50H61FN4O7/c1-5-27-60-50-45(55(33-35-14-18-38(51)19-15-35)48(58)36-16-12-34(32-52)13-17-36)31-43(53-62-49(2,3)4)41-29-37(10-6-8-25-56)40(11-7-9-26-57)46(47(41)50)42-30-39(20-21-44(42)61-50)59-28-24-54-22-23-54/h5,12-21,29-30,37,40,45-47,56-57H,1,6-11,22-28,31,33H2,2-4H3. The van der Waals surface area contributed by atoms with Crippen LogP contribution < -0.4 is 9.47 Å². The van der Waals surface area contributed by atoms with Crippen molar-refractivity contribution in [2.45, 2.75) is 95.6 Å². The maximum Gasteiger partial charge on any atom is 0.254 e. The molecule has 6 atom stereocenters. The Morgan fingerprint density at radius 3 is 2.44 bits per heavy atom. The molecular formula is C50H61FN4O7. The lowest BCUT2D eigenvalue weighted by Gasteiger charge is -2.60. The number of allylic oxidation sites excluding steroid dienone is 1. The Kier molecular flexibility index (Phi) is 14.5. The van der Waals surface area contributed by atoms with E-state index in [1.807, 2.05) is 32.9 Å². The second-order valence-corrected chi connectivity index (χ2v) is 17.9. The first-order valence-corrected chi connectivity index (χ1v) is 22.2. The number of nitrogens with zero attached hydrogens (tertiary/aromatic N) is 4. The minimum absolute atomic E-state index is 0.0412. The van der Waals surface area contributed by atoms with Crippen LogP contribution in [0.1, 0.15) is 98.7 Å². The highest BCUT2D eigenvalue weighted by atomic mass is 19.1. The van der Waals surface area contributed by atoms with Crippen LogP contribution in [-0.2, 0) is 16.1 Å². The van der Waals surface area contributed by atoms with Crippen LogP contribution >= 0.6 is 0 Å². The first-order valence-electron chi connectivity index (χ1n) is 22.2. The first kappa shape index (κ1) is 45.0. The predicted octanol–water partition coefficient (Wildman–Crippen LogP) is 8.17. The number of carbonyl (C=O) groups excluding carboxylic acids is 1. The zero-order chi connectivity index (χ0) is 43.9. The van der Waals surface area contributed by atoms with Crippen LogP contribution in [0.2, 0.25) is 0 Å². The van der Waals surface area contributed by atoms with Gasteiger partial charge in [-0.3, -0.25) is 9.69 Å². The number of halogens is 1. The van der Waals surface area contributed by atoms with Crippen molar-refractivity contribution in [1.29, 1.82) is 5.26 Å². The van der Waals surface area contributed by atoms with E-state index in [0.717, 1.165) is 62.2 Å². The normalized spacial score (nSPS) is 24.5. The zero-order valence-electron chi connectivity index (χ0n) is 36.3. The average molecular weight is 849 g/mol. The predicted molar refractivity (Wildman–Crippen MR) is 235 cm³/mol. The van der Waals surface area contributed by atoms with E-state index in [4.69, 9.17) is 24.2 Å². The molecule has 3 aromatic carbocycles. The van der Waals surface area contributed by atoms with E-state index >= 15 is 4.79 Å². The first-order chi connectivity index (χ1) is 30.0. The number of hydrogen-bond acceptors (Lipinski definition) is 10. The molecular weight excluding hydrogens is 788 g/mol. The number of unbranched alkanes of at least 4 members (excludes halogenated alkanes) is 2. The van der Waals surface area contributed by atoms with Crippen LogP contribution in [0.15, 0.2) is 96.2 Å². The van der Waals surface area contributed by atoms with Gasteiger partial charge < -0.3 is 34.2 Å². The summed E-state index contributed by atoms with van der Waals surface area (Å²) in [4.78, 5) is 25.6. The van der Waals surface area contributed by atoms with Crippen LogP contribution in [0.25, 0.3) is 0 Å². The monoisotopic (exact) mass is 848 g/mol. The number of nitriles is 1. The van der Waals surface area contributed by atoms with Crippen molar-refractivity contribution < 1.29 is 38.4 Å². The summed E-state index contributed by atoms with van der Waals surface area (Å²) in [6.07, 6.45) is 8.75. The van der Waals surface area contributed by atoms with Crippen molar-refractivity contribution in [3.63, 3.8) is 0 Å². The molecule has 0 bridgehead atoms. The summed E-state index contributed by atoms with van der Waals surface area (Å²) in [7, 11) is 0. The quantitative estimate of drug-likeness (QED) is 0.0500. The molecule has 0 spiro atoms. The van der Waals surface area contributed by atoms with E-state index in [-0.39, 0.29) is 56.4 Å². The molecule has 1 saturated carbocycles. The van der Waals surface area contributed by atoms with E-state index in [1.165, 1.54) is 12.1 Å². The molecule has 2 aliphatic carbocycles. The van der Waals surface area contributed by atoms with Crippen LogP contribution in [0, 0.1) is 34.9 Å². The zero-order valence-corrected chi connectivity index (χ0v) is 36.3. The fourth-order valence-corrected chi connectivity index (χ4v) is 9.48. The molecule has 2 fully saturated rings. The Labute approximate surface area is 365 Å². The van der Waals surface area contributed by atoms with E-state index in [1.54, 1.807) is 47.4 Å². The summed E-state index contributed by atoms with van der Waals surface area (Å²) in [5, 5.41) is 34.5. The van der Waals surface area contributed by atoms with Gasteiger partial charge in [-0.05, 0) is 124 Å². The summed E-state index contributed by atoms with van der Waals surface area (Å²) in [6, 6.07) is 20.0. The molecule has 1 saturated heterocycles. The third-order valence-electron chi connectivity index (χ3n) is 12.5. The Bertz CT molecular complexity index is 2120. The molecule has 1 amide bonds. The average Bonchev–Trinajstić information content (AvgIpc) is 4.10. The van der Waals surface area contributed by atoms with Gasteiger partial charge in [0.15, 0.2) is 0 Å². The Morgan fingerprint density at radius 2 is 1.77 bits per heavy atom. The van der Waals surface area contributed by atoms with Gasteiger partial charge in [-0.25, -0.2) is 4.39 Å². The summed E-state index contributed by atoms with van der Waals surface area (Å²) >= 11 is 0. The molecule has 62 heavy (non-hydrogen) atoms. The molecule has 2 heterocycles. The van der Waals surface area contributed by atoms with Gasteiger partial charge in [0.2, 0.25) is 5.79 Å². The van der Waals surface area contributed by atoms with Gasteiger partial charge in [0.1, 0.15) is 35.6 Å². The van der Waals surface area contributed by atoms with Crippen LogP contribution in [0.4, 0.5) is 4.39 Å². The van der Waals surface area contributed by atoms with Gasteiger partial charge in [-0.1, -0.05) is 42.3 Å². The third-order valence-corrected chi connectivity index (χ3v) is 12.5. The van der Waals surface area contributed by atoms with E-state index in [9.17, 15) is 19.9 Å². The van der Waals surface area contributed by atoms with Gasteiger partial charge in [0, 0.05) is 62.9 Å². The van der Waals surface area contributed by atoms with E-state index < -0.39 is 29.2 Å². The highest BCUT2D eigenvalue weighted by Crippen LogP contribution is 2.62. The number of fused-ring (bicyclic) bond motifs is 2. The number of aliphatic hydroxyl groups is 2. The van der Waals surface area contributed by atoms with Crippen molar-refractivity contribution in [3.05, 3.63) is 119 Å². The fourth-order valence-electron chi connectivity index (χ4n) is 9.48. The highest BCUT2D eigenvalue weighted by Gasteiger charge is 2.65. The van der Waals surface area contributed by atoms with Crippen LogP contribution in [0.5, 0.6) is 11.5 Å². The lowest BCUT2D eigenvalue weighted by atomic mass is 9.55. The van der Waals surface area contributed by atoms with Crippen molar-refractivity contribution in [2.24, 2.45) is 22.9 Å². The van der Waals surface area contributed by atoms with Gasteiger partial charge >= 0.3 is 0 Å². The Morgan fingerprint density at radius 1 is 1.05 bits per heavy atom. The molecule has 2 aliphatic heterocycles. The van der Waals surface area contributed by atoms with Gasteiger partial charge in [0.25, 0.3) is 5.91 Å². The van der Waals surface area contributed by atoms with E-state index in [2.05, 4.69) is 29.7 Å². The number of hydrogen-bond donors (Lipinski definition) is 2. The number of rotatable bonds is 20. The maximum absolute atomic E-state index is 15.2. The molecule has 4 aliphatic rings. The Hall–Kier alpha value is -5.06. The summed E-state index contributed by atoms with van der Waals surface area (Å²) in [5.41, 5.74) is 3.43. The molecule has 6 unspecified atom stereocenters. The topological polar surface area (TPSA) is 137 Å². The lowest BCUT2D eigenvalue weighted by molar-refractivity contribution is -0.255. The third kappa shape index (κ3) is 10.2. The SMILES string of the molecule is C=CCOC12Oc3ccc(OCCN4CC4)cc3C3C(CCCCO)C(CCCCO)C=C(C(=NOC(C)(C)C)CC1N(Cc1ccc(F)cc1)C(=O)c1ccc(C#N)cc1)C32. The van der Waals surface area contributed by atoms with Crippen molar-refractivity contribution in [3.8, 4) is 17.6 Å². The number of aliphatic hydroxyl groups excluding tert-OH is 2. The molecule has 0 radical (unpaired) electrons. The minimum Gasteiger partial charge on any atom is -0.492 e. The number of carbonyl (C=O) groups is 1. The number of amides is 1. The summed E-state index contributed by atoms with van der Waals surface area (Å²) in [6.45, 7) is 13.8. The van der Waals surface area contributed by atoms with Gasteiger partial charge in [-0.2, -0.15) is 5.26 Å². The maximum atomic E-state index is 15.2. The fraction of sp³-hybridized carbons (Fsp3) is 0.500. The molecule has 11 nitrogen and oxygen atoms in total. The van der Waals surface area contributed by atoms with Gasteiger partial charge in [-0.15, -0.1) is 6.58 Å². The summed E-state index contributed by atoms with van der Waals surface area (Å²) in [5.74, 6) is -1.48. The molecule has 3 aromatic rings. The van der Waals surface area contributed by atoms with Crippen LogP contribution in [-0.4, -0.2) is 95.1 Å². The molecule has 330 valence electrons. The molecule has 2 N–H and O–H groups in total. The second kappa shape index (κ2) is 20.0. The lowest BCUT2D eigenvalue weighted by Crippen LogP contribution is -2.70. The smallest absolute Gasteiger partial charge is 0.254 e. The Balaban J connectivity index is 1.46. The van der Waals surface area contributed by atoms with E-state index in [0.29, 0.717) is 47.6 Å². The largest absolute Gasteiger partial charge is 0.492 e.